The highest BCUT2D eigenvalue weighted by molar-refractivity contribution is 6.31. The summed E-state index contributed by atoms with van der Waals surface area (Å²) in [4.78, 5) is 39.4. The maximum absolute atomic E-state index is 15.9. The molecule has 3 aromatic rings. The van der Waals surface area contributed by atoms with Gasteiger partial charge >= 0.3 is 5.97 Å². The van der Waals surface area contributed by atoms with Crippen molar-refractivity contribution >= 4 is 52.4 Å². The topological polar surface area (TPSA) is 115 Å². The first-order chi connectivity index (χ1) is 21.5. The first-order valence-electron chi connectivity index (χ1n) is 14.5. The number of esters is 1. The molecule has 45 heavy (non-hydrogen) atoms. The van der Waals surface area contributed by atoms with E-state index in [0.717, 1.165) is 0 Å². The second kappa shape index (κ2) is 13.2. The molecule has 2 amide bonds. The summed E-state index contributed by atoms with van der Waals surface area (Å²) in [6.45, 7) is 5.52. The molecule has 4 unspecified atom stereocenters. The molecule has 0 saturated carbocycles. The van der Waals surface area contributed by atoms with Crippen molar-refractivity contribution < 1.29 is 33.0 Å². The summed E-state index contributed by atoms with van der Waals surface area (Å²) in [5.74, 6) is -2.07. The Morgan fingerprint density at radius 2 is 1.84 bits per heavy atom. The molecule has 1 fully saturated rings. The molecule has 0 bridgehead atoms. The van der Waals surface area contributed by atoms with Gasteiger partial charge in [-0.3, -0.25) is 14.4 Å². The molecule has 5 rings (SSSR count). The molecule has 0 aromatic heterocycles. The largest absolute Gasteiger partial charge is 0.493 e. The zero-order chi connectivity index (χ0) is 32.5. The predicted molar refractivity (Wildman–Crippen MR) is 170 cm³/mol. The average molecular weight is 659 g/mol. The minimum absolute atomic E-state index is 0.0635. The van der Waals surface area contributed by atoms with Crippen molar-refractivity contribution in [2.75, 3.05) is 31.0 Å². The Kier molecular flexibility index (Phi) is 9.57. The van der Waals surface area contributed by atoms with Gasteiger partial charge in [0.25, 0.3) is 0 Å². The SMILES string of the molecule is COc1cc(NC(=O)C2NC(CC(C)C)C3(C(=O)Nc4cc(Cl)ccc43)C2c2cccc(Cl)c2F)ccc1OCCOC(C)=O. The number of carbonyl (C=O) groups is 3. The molecular weight excluding hydrogens is 624 g/mol. The molecule has 3 N–H and O–H groups in total. The molecule has 2 aliphatic rings. The Bertz CT molecular complexity index is 1640. The summed E-state index contributed by atoms with van der Waals surface area (Å²) >= 11 is 12.6. The van der Waals surface area contributed by atoms with Crippen molar-refractivity contribution in [1.29, 1.82) is 0 Å². The van der Waals surface area contributed by atoms with E-state index in [1.54, 1.807) is 48.5 Å². The van der Waals surface area contributed by atoms with E-state index in [2.05, 4.69) is 16.0 Å². The summed E-state index contributed by atoms with van der Waals surface area (Å²) in [6.07, 6.45) is 0.519. The molecular formula is C33H34Cl2FN3O6. The third kappa shape index (κ3) is 6.19. The van der Waals surface area contributed by atoms with Gasteiger partial charge in [-0.1, -0.05) is 55.2 Å². The Morgan fingerprint density at radius 1 is 1.07 bits per heavy atom. The van der Waals surface area contributed by atoms with Crippen LogP contribution in [-0.2, 0) is 24.5 Å². The number of nitrogens with one attached hydrogen (secondary N) is 3. The quantitative estimate of drug-likeness (QED) is 0.179. The molecule has 2 heterocycles. The van der Waals surface area contributed by atoms with E-state index in [9.17, 15) is 14.4 Å². The summed E-state index contributed by atoms with van der Waals surface area (Å²) < 4.78 is 32.0. The van der Waals surface area contributed by atoms with Crippen LogP contribution in [0, 0.1) is 11.7 Å². The molecule has 9 nitrogen and oxygen atoms in total. The van der Waals surface area contributed by atoms with Crippen LogP contribution in [0.25, 0.3) is 0 Å². The number of rotatable bonds is 10. The number of fused-ring (bicyclic) bond motifs is 2. The molecule has 1 saturated heterocycles. The molecule has 4 atom stereocenters. The summed E-state index contributed by atoms with van der Waals surface area (Å²) in [5.41, 5.74) is 0.334. The molecule has 3 aromatic carbocycles. The zero-order valence-corrected chi connectivity index (χ0v) is 26.7. The number of methoxy groups -OCH3 is 1. The smallest absolute Gasteiger partial charge is 0.302 e. The van der Waals surface area contributed by atoms with Gasteiger partial charge in [-0.2, -0.15) is 0 Å². The first-order valence-corrected chi connectivity index (χ1v) is 15.3. The van der Waals surface area contributed by atoms with Crippen LogP contribution in [0.3, 0.4) is 0 Å². The number of carbonyl (C=O) groups excluding carboxylic acids is 3. The van der Waals surface area contributed by atoms with Gasteiger partial charge in [0, 0.05) is 41.3 Å². The van der Waals surface area contributed by atoms with E-state index in [4.69, 9.17) is 37.4 Å². The number of ether oxygens (including phenoxy) is 3. The molecule has 0 radical (unpaired) electrons. The van der Waals surface area contributed by atoms with Crippen molar-refractivity contribution in [1.82, 2.24) is 5.32 Å². The third-order valence-corrected chi connectivity index (χ3v) is 8.72. The maximum Gasteiger partial charge on any atom is 0.302 e. The van der Waals surface area contributed by atoms with Crippen LogP contribution in [0.4, 0.5) is 15.8 Å². The summed E-state index contributed by atoms with van der Waals surface area (Å²) in [7, 11) is 1.46. The Hall–Kier alpha value is -3.86. The number of hydrogen-bond donors (Lipinski definition) is 3. The molecule has 0 aliphatic carbocycles. The van der Waals surface area contributed by atoms with Gasteiger partial charge in [-0.15, -0.1) is 0 Å². The summed E-state index contributed by atoms with van der Waals surface area (Å²) in [6, 6.07) is 13.0. The van der Waals surface area contributed by atoms with E-state index >= 15 is 4.39 Å². The van der Waals surface area contributed by atoms with E-state index in [-0.39, 0.29) is 35.6 Å². The highest BCUT2D eigenvalue weighted by Crippen LogP contribution is 2.56. The van der Waals surface area contributed by atoms with Gasteiger partial charge in [-0.25, -0.2) is 4.39 Å². The van der Waals surface area contributed by atoms with Gasteiger partial charge in [0.2, 0.25) is 11.8 Å². The Balaban J connectivity index is 1.55. The van der Waals surface area contributed by atoms with E-state index in [0.29, 0.717) is 39.9 Å². The Morgan fingerprint density at radius 3 is 2.56 bits per heavy atom. The van der Waals surface area contributed by atoms with Crippen LogP contribution in [0.15, 0.2) is 54.6 Å². The van der Waals surface area contributed by atoms with Gasteiger partial charge < -0.3 is 30.2 Å². The number of anilines is 2. The molecule has 12 heteroatoms. The van der Waals surface area contributed by atoms with Crippen LogP contribution >= 0.6 is 23.2 Å². The maximum atomic E-state index is 15.9. The highest BCUT2D eigenvalue weighted by Gasteiger charge is 2.65. The number of benzene rings is 3. The third-order valence-electron chi connectivity index (χ3n) is 8.19. The lowest BCUT2D eigenvalue weighted by molar-refractivity contribution is -0.141. The average Bonchev–Trinajstić information content (AvgIpc) is 3.46. The van der Waals surface area contributed by atoms with Crippen molar-refractivity contribution in [2.24, 2.45) is 5.92 Å². The predicted octanol–water partition coefficient (Wildman–Crippen LogP) is 6.08. The van der Waals surface area contributed by atoms with Crippen LogP contribution in [0.5, 0.6) is 11.5 Å². The normalized spacial score (nSPS) is 21.9. The van der Waals surface area contributed by atoms with E-state index < -0.39 is 41.1 Å². The summed E-state index contributed by atoms with van der Waals surface area (Å²) in [5, 5.41) is 9.62. The molecule has 1 spiro atoms. The minimum atomic E-state index is -1.35. The van der Waals surface area contributed by atoms with Gasteiger partial charge in [0.15, 0.2) is 11.5 Å². The van der Waals surface area contributed by atoms with Gasteiger partial charge in [0.1, 0.15) is 24.4 Å². The highest BCUT2D eigenvalue weighted by atomic mass is 35.5. The van der Waals surface area contributed by atoms with Crippen LogP contribution in [-0.4, -0.2) is 50.2 Å². The van der Waals surface area contributed by atoms with Crippen molar-refractivity contribution in [3.8, 4) is 11.5 Å². The molecule has 2 aliphatic heterocycles. The first kappa shape index (κ1) is 32.5. The van der Waals surface area contributed by atoms with Crippen LogP contribution in [0.1, 0.15) is 44.2 Å². The zero-order valence-electron chi connectivity index (χ0n) is 25.2. The monoisotopic (exact) mass is 657 g/mol. The number of halogens is 3. The second-order valence-corrected chi connectivity index (χ2v) is 12.3. The number of hydrogen-bond acceptors (Lipinski definition) is 7. The van der Waals surface area contributed by atoms with E-state index in [1.165, 1.54) is 20.1 Å². The fourth-order valence-electron chi connectivity index (χ4n) is 6.47. The van der Waals surface area contributed by atoms with Crippen molar-refractivity contribution in [2.45, 2.75) is 50.6 Å². The van der Waals surface area contributed by atoms with Crippen LogP contribution < -0.4 is 25.4 Å². The van der Waals surface area contributed by atoms with Gasteiger partial charge in [0.05, 0.1) is 18.2 Å². The van der Waals surface area contributed by atoms with Crippen LogP contribution in [0.2, 0.25) is 10.0 Å². The van der Waals surface area contributed by atoms with Crippen molar-refractivity contribution in [3.05, 3.63) is 81.6 Å². The Labute approximate surface area is 270 Å². The lowest BCUT2D eigenvalue weighted by atomic mass is 9.63. The second-order valence-electron chi connectivity index (χ2n) is 11.5. The minimum Gasteiger partial charge on any atom is -0.493 e. The fourth-order valence-corrected chi connectivity index (χ4v) is 6.82. The fraction of sp³-hybridized carbons (Fsp3) is 0.364. The van der Waals surface area contributed by atoms with E-state index in [1.807, 2.05) is 13.8 Å². The van der Waals surface area contributed by atoms with Gasteiger partial charge in [-0.05, 0) is 53.8 Å². The number of amides is 2. The molecule has 238 valence electrons. The standard InChI is InChI=1S/C33H34Cl2FN3O6/c1-17(2)14-27-33(22-10-8-19(34)15-24(22)38-32(33)42)28(21-6-5-7-23(35)29(21)36)30(39-27)31(41)37-20-9-11-25(26(16-20)43-4)45-13-12-44-18(3)40/h5-11,15-17,27-28,30,39H,12-14H2,1-4H3,(H,37,41)(H,38,42). The lowest BCUT2D eigenvalue weighted by Crippen LogP contribution is -2.49. The van der Waals surface area contributed by atoms with Crippen molar-refractivity contribution in [3.63, 3.8) is 0 Å². The lowest BCUT2D eigenvalue weighted by Gasteiger charge is -2.36.